The molecule has 94 valence electrons. The molecule has 0 aliphatic carbocycles. The maximum Gasteiger partial charge on any atom is 0.234 e. The minimum Gasteiger partial charge on any atom is -0.383 e. The summed E-state index contributed by atoms with van der Waals surface area (Å²) in [5.41, 5.74) is 0.810. The highest BCUT2D eigenvalue weighted by Crippen LogP contribution is 1.89. The summed E-state index contributed by atoms with van der Waals surface area (Å²) in [4.78, 5) is 11.5. The van der Waals surface area contributed by atoms with Crippen molar-refractivity contribution in [3.8, 4) is 0 Å². The maximum absolute atomic E-state index is 11.5. The molecule has 1 atom stereocenters. The number of hydrogen-bond acceptors (Lipinski definition) is 5. The lowest BCUT2D eigenvalue weighted by Gasteiger charge is -2.12. The average Bonchev–Trinajstić information content (AvgIpc) is 2.30. The Morgan fingerprint density at radius 1 is 1.59 bits per heavy atom. The Hall–Kier alpha value is -1.53. The summed E-state index contributed by atoms with van der Waals surface area (Å²) in [5, 5.41) is 13.4. The van der Waals surface area contributed by atoms with Gasteiger partial charge in [0.2, 0.25) is 5.91 Å². The summed E-state index contributed by atoms with van der Waals surface area (Å²) in [6.45, 7) is 3.19. The monoisotopic (exact) mass is 238 g/mol. The van der Waals surface area contributed by atoms with E-state index in [0.717, 1.165) is 5.69 Å². The number of amides is 1. The van der Waals surface area contributed by atoms with E-state index >= 15 is 0 Å². The average molecular weight is 238 g/mol. The van der Waals surface area contributed by atoms with Gasteiger partial charge < -0.3 is 15.4 Å². The molecule has 0 radical (unpaired) electrons. The van der Waals surface area contributed by atoms with E-state index in [1.165, 1.54) is 0 Å². The van der Waals surface area contributed by atoms with Gasteiger partial charge in [0.25, 0.3) is 0 Å². The van der Waals surface area contributed by atoms with Gasteiger partial charge in [0.1, 0.15) is 0 Å². The molecule has 1 rings (SSSR count). The van der Waals surface area contributed by atoms with Crippen molar-refractivity contribution in [3.63, 3.8) is 0 Å². The zero-order chi connectivity index (χ0) is 12.5. The molecule has 1 aromatic rings. The lowest BCUT2D eigenvalue weighted by molar-refractivity contribution is -0.121. The van der Waals surface area contributed by atoms with Gasteiger partial charge in [-0.15, -0.1) is 0 Å². The molecule has 0 saturated heterocycles. The van der Waals surface area contributed by atoms with Crippen molar-refractivity contribution in [1.82, 2.24) is 20.8 Å². The van der Waals surface area contributed by atoms with Gasteiger partial charge in [-0.3, -0.25) is 4.79 Å². The molecule has 0 aliphatic heterocycles. The predicted octanol–water partition coefficient (Wildman–Crippen LogP) is -0.283. The standard InChI is InChI=1S/C11H18N4O2/c1-9(8-17-2)14-11(16)7-12-6-10-4-3-5-13-15-10/h3-5,9,12H,6-8H2,1-2H3,(H,14,16). The number of hydrogen-bond donors (Lipinski definition) is 2. The Morgan fingerprint density at radius 3 is 3.06 bits per heavy atom. The Morgan fingerprint density at radius 2 is 2.41 bits per heavy atom. The summed E-state index contributed by atoms with van der Waals surface area (Å²) in [6, 6.07) is 3.68. The van der Waals surface area contributed by atoms with Crippen LogP contribution in [0.3, 0.4) is 0 Å². The van der Waals surface area contributed by atoms with Crippen molar-refractivity contribution in [3.05, 3.63) is 24.0 Å². The molecule has 6 nitrogen and oxygen atoms in total. The molecule has 0 saturated carbocycles. The van der Waals surface area contributed by atoms with E-state index in [0.29, 0.717) is 13.2 Å². The molecule has 1 unspecified atom stereocenters. The SMILES string of the molecule is COCC(C)NC(=O)CNCc1cccnn1. The second-order valence-electron chi connectivity index (χ2n) is 3.74. The highest BCUT2D eigenvalue weighted by molar-refractivity contribution is 5.78. The Kier molecular flexibility index (Phi) is 6.13. The fourth-order valence-corrected chi connectivity index (χ4v) is 1.35. The normalized spacial score (nSPS) is 12.1. The van der Waals surface area contributed by atoms with Gasteiger partial charge in [-0.2, -0.15) is 10.2 Å². The molecule has 6 heteroatoms. The molecule has 1 aromatic heterocycles. The van der Waals surface area contributed by atoms with Crippen molar-refractivity contribution in [2.75, 3.05) is 20.3 Å². The van der Waals surface area contributed by atoms with Crippen LogP contribution in [0.15, 0.2) is 18.3 Å². The molecule has 1 amide bonds. The molecular formula is C11H18N4O2. The first kappa shape index (κ1) is 13.5. The third-order valence-electron chi connectivity index (χ3n) is 2.04. The van der Waals surface area contributed by atoms with Crippen LogP contribution in [-0.4, -0.2) is 42.4 Å². The summed E-state index contributed by atoms with van der Waals surface area (Å²) < 4.78 is 4.92. The molecule has 0 aromatic carbocycles. The van der Waals surface area contributed by atoms with E-state index in [2.05, 4.69) is 20.8 Å². The number of carbonyl (C=O) groups excluding carboxylic acids is 1. The van der Waals surface area contributed by atoms with Crippen molar-refractivity contribution < 1.29 is 9.53 Å². The fourth-order valence-electron chi connectivity index (χ4n) is 1.35. The van der Waals surface area contributed by atoms with Crippen molar-refractivity contribution in [2.24, 2.45) is 0 Å². The number of ether oxygens (including phenoxy) is 1. The minimum absolute atomic E-state index is 0.0193. The van der Waals surface area contributed by atoms with Gasteiger partial charge in [0.05, 0.1) is 18.8 Å². The van der Waals surface area contributed by atoms with Crippen LogP contribution in [0.2, 0.25) is 0 Å². The first-order valence-corrected chi connectivity index (χ1v) is 5.48. The lowest BCUT2D eigenvalue weighted by Crippen LogP contribution is -2.40. The third kappa shape index (κ3) is 5.94. The van der Waals surface area contributed by atoms with Gasteiger partial charge in [-0.05, 0) is 19.1 Å². The molecule has 0 aliphatic rings. The molecule has 0 spiro atoms. The van der Waals surface area contributed by atoms with Crippen LogP contribution in [0.25, 0.3) is 0 Å². The number of methoxy groups -OCH3 is 1. The second-order valence-corrected chi connectivity index (χ2v) is 3.74. The van der Waals surface area contributed by atoms with Gasteiger partial charge in [-0.25, -0.2) is 0 Å². The summed E-state index contributed by atoms with van der Waals surface area (Å²) in [7, 11) is 1.61. The van der Waals surface area contributed by atoms with Gasteiger partial charge in [0, 0.05) is 25.9 Å². The van der Waals surface area contributed by atoms with Crippen molar-refractivity contribution in [2.45, 2.75) is 19.5 Å². The number of nitrogens with one attached hydrogen (secondary N) is 2. The Bertz CT molecular complexity index is 332. The quantitative estimate of drug-likeness (QED) is 0.683. The zero-order valence-corrected chi connectivity index (χ0v) is 10.1. The van der Waals surface area contributed by atoms with E-state index in [4.69, 9.17) is 4.74 Å². The first-order chi connectivity index (χ1) is 8.22. The van der Waals surface area contributed by atoms with Gasteiger partial charge in [-0.1, -0.05) is 0 Å². The van der Waals surface area contributed by atoms with Crippen LogP contribution >= 0.6 is 0 Å². The van der Waals surface area contributed by atoms with Crippen LogP contribution in [0.4, 0.5) is 0 Å². The second kappa shape index (κ2) is 7.70. The minimum atomic E-state index is -0.0570. The zero-order valence-electron chi connectivity index (χ0n) is 10.1. The molecule has 0 bridgehead atoms. The summed E-state index contributed by atoms with van der Waals surface area (Å²) in [5.74, 6) is -0.0570. The van der Waals surface area contributed by atoms with E-state index in [1.54, 1.807) is 13.3 Å². The first-order valence-electron chi connectivity index (χ1n) is 5.48. The van der Waals surface area contributed by atoms with Gasteiger partial charge in [0.15, 0.2) is 0 Å². The molecule has 17 heavy (non-hydrogen) atoms. The number of aromatic nitrogens is 2. The van der Waals surface area contributed by atoms with Crippen LogP contribution in [0.1, 0.15) is 12.6 Å². The predicted molar refractivity (Wildman–Crippen MR) is 63.2 cm³/mol. The van der Waals surface area contributed by atoms with Crippen LogP contribution in [0, 0.1) is 0 Å². The van der Waals surface area contributed by atoms with E-state index < -0.39 is 0 Å². The highest BCUT2D eigenvalue weighted by Gasteiger charge is 2.06. The number of nitrogens with zero attached hydrogens (tertiary/aromatic N) is 2. The van der Waals surface area contributed by atoms with Gasteiger partial charge >= 0.3 is 0 Å². The molecule has 1 heterocycles. The maximum atomic E-state index is 11.5. The van der Waals surface area contributed by atoms with Crippen molar-refractivity contribution in [1.29, 1.82) is 0 Å². The highest BCUT2D eigenvalue weighted by atomic mass is 16.5. The molecule has 0 fully saturated rings. The van der Waals surface area contributed by atoms with Crippen LogP contribution in [-0.2, 0) is 16.1 Å². The third-order valence-corrected chi connectivity index (χ3v) is 2.04. The largest absolute Gasteiger partial charge is 0.383 e. The molecular weight excluding hydrogens is 220 g/mol. The Balaban J connectivity index is 2.16. The summed E-state index contributed by atoms with van der Waals surface area (Å²) in [6.07, 6.45) is 1.61. The topological polar surface area (TPSA) is 76.1 Å². The van der Waals surface area contributed by atoms with Crippen LogP contribution < -0.4 is 10.6 Å². The Labute approximate surface area is 101 Å². The van der Waals surface area contributed by atoms with Crippen LogP contribution in [0.5, 0.6) is 0 Å². The lowest BCUT2D eigenvalue weighted by atomic mass is 10.3. The van der Waals surface area contributed by atoms with E-state index in [-0.39, 0.29) is 18.5 Å². The number of carbonyl (C=O) groups is 1. The fraction of sp³-hybridized carbons (Fsp3) is 0.545. The summed E-state index contributed by atoms with van der Waals surface area (Å²) >= 11 is 0. The van der Waals surface area contributed by atoms with Crippen molar-refractivity contribution >= 4 is 5.91 Å². The smallest absolute Gasteiger partial charge is 0.234 e. The molecule has 2 N–H and O–H groups in total. The van der Waals surface area contributed by atoms with E-state index in [1.807, 2.05) is 19.1 Å². The van der Waals surface area contributed by atoms with E-state index in [9.17, 15) is 4.79 Å². The number of rotatable bonds is 7.